The van der Waals surface area contributed by atoms with Crippen LogP contribution < -0.4 is 10.6 Å². The number of carboxylic acids is 1. The van der Waals surface area contributed by atoms with Crippen molar-refractivity contribution in [1.82, 2.24) is 15.5 Å². The van der Waals surface area contributed by atoms with Gasteiger partial charge in [0.1, 0.15) is 6.54 Å². The number of hydrogen-bond acceptors (Lipinski definition) is 5. The molecule has 3 N–H and O–H groups in total. The fraction of sp³-hybridized carbons (Fsp3) is 0.750. The maximum Gasteiger partial charge on any atom is 0.323 e. The molecule has 122 valence electrons. The van der Waals surface area contributed by atoms with Crippen molar-refractivity contribution in [2.24, 2.45) is 0 Å². The van der Waals surface area contributed by atoms with E-state index in [9.17, 15) is 14.4 Å². The zero-order valence-corrected chi connectivity index (χ0v) is 12.4. The second-order valence-corrected chi connectivity index (χ2v) is 4.13. The van der Waals surface area contributed by atoms with Gasteiger partial charge in [-0.25, -0.2) is 4.79 Å². The van der Waals surface area contributed by atoms with Gasteiger partial charge >= 0.3 is 12.0 Å². The summed E-state index contributed by atoms with van der Waals surface area (Å²) in [7, 11) is 2.99. The van der Waals surface area contributed by atoms with E-state index >= 15 is 0 Å². The summed E-state index contributed by atoms with van der Waals surface area (Å²) in [4.78, 5) is 34.9. The molecule has 0 saturated heterocycles. The number of methoxy groups -OCH3 is 2. The Hall–Kier alpha value is -1.87. The first kappa shape index (κ1) is 19.1. The lowest BCUT2D eigenvalue weighted by Gasteiger charge is -2.20. The molecule has 0 aromatic heterocycles. The predicted molar refractivity (Wildman–Crippen MR) is 74.0 cm³/mol. The maximum atomic E-state index is 11.8. The molecule has 0 saturated carbocycles. The summed E-state index contributed by atoms with van der Waals surface area (Å²) in [6.45, 7) is 0.923. The number of aliphatic carboxylic acids is 1. The van der Waals surface area contributed by atoms with Crippen LogP contribution in [0.25, 0.3) is 0 Å². The van der Waals surface area contributed by atoms with E-state index in [1.165, 1.54) is 14.2 Å². The Kier molecular flexibility index (Phi) is 10.9. The molecule has 0 spiro atoms. The normalized spacial score (nSPS) is 10.0. The Morgan fingerprint density at radius 2 is 1.71 bits per heavy atom. The minimum Gasteiger partial charge on any atom is -0.480 e. The van der Waals surface area contributed by atoms with E-state index in [-0.39, 0.29) is 32.0 Å². The van der Waals surface area contributed by atoms with E-state index in [4.69, 9.17) is 14.6 Å². The summed E-state index contributed by atoms with van der Waals surface area (Å²) in [5.41, 5.74) is 0. The Morgan fingerprint density at radius 1 is 1.05 bits per heavy atom. The number of carbonyl (C=O) groups is 3. The van der Waals surface area contributed by atoms with Crippen molar-refractivity contribution in [3.63, 3.8) is 0 Å². The van der Waals surface area contributed by atoms with Crippen LogP contribution in [0.15, 0.2) is 0 Å². The SMILES string of the molecule is COCCNC(=O)CCNC(=O)N(CCOC)CC(=O)O. The largest absolute Gasteiger partial charge is 0.480 e. The number of carbonyl (C=O) groups excluding carboxylic acids is 2. The lowest BCUT2D eigenvalue weighted by molar-refractivity contribution is -0.137. The molecule has 0 aromatic carbocycles. The van der Waals surface area contributed by atoms with Gasteiger partial charge in [0.05, 0.1) is 13.2 Å². The van der Waals surface area contributed by atoms with Crippen LogP contribution in [0.4, 0.5) is 4.79 Å². The van der Waals surface area contributed by atoms with E-state index in [0.717, 1.165) is 4.90 Å². The summed E-state index contributed by atoms with van der Waals surface area (Å²) in [5.74, 6) is -1.33. The van der Waals surface area contributed by atoms with Crippen LogP contribution >= 0.6 is 0 Å². The van der Waals surface area contributed by atoms with E-state index in [1.807, 2.05) is 0 Å². The molecule has 0 radical (unpaired) electrons. The highest BCUT2D eigenvalue weighted by atomic mass is 16.5. The van der Waals surface area contributed by atoms with Crippen molar-refractivity contribution in [2.45, 2.75) is 6.42 Å². The second kappa shape index (κ2) is 11.9. The number of carboxylic acid groups (broad SMARTS) is 1. The summed E-state index contributed by atoms with van der Waals surface area (Å²) in [6, 6.07) is -0.542. The number of hydrogen-bond donors (Lipinski definition) is 3. The topological polar surface area (TPSA) is 117 Å². The van der Waals surface area contributed by atoms with Gasteiger partial charge in [0.25, 0.3) is 0 Å². The average Bonchev–Trinajstić information content (AvgIpc) is 2.43. The molecule has 0 aliphatic heterocycles. The first-order valence-corrected chi connectivity index (χ1v) is 6.50. The highest BCUT2D eigenvalue weighted by molar-refractivity contribution is 5.81. The molecule has 0 unspecified atom stereocenters. The molecular formula is C12H23N3O6. The molecule has 3 amide bonds. The van der Waals surface area contributed by atoms with Crippen LogP contribution in [0.1, 0.15) is 6.42 Å². The lowest BCUT2D eigenvalue weighted by atomic mass is 10.4. The molecule has 21 heavy (non-hydrogen) atoms. The predicted octanol–water partition coefficient (Wildman–Crippen LogP) is -1.12. The summed E-state index contributed by atoms with van der Waals surface area (Å²) in [6.07, 6.45) is 0.112. The minimum atomic E-state index is -1.11. The van der Waals surface area contributed by atoms with Crippen molar-refractivity contribution in [1.29, 1.82) is 0 Å². The van der Waals surface area contributed by atoms with E-state index < -0.39 is 18.5 Å². The molecule has 9 heteroatoms. The molecule has 0 aromatic rings. The van der Waals surface area contributed by atoms with Gasteiger partial charge in [-0.05, 0) is 0 Å². The third-order valence-corrected chi connectivity index (χ3v) is 2.44. The first-order chi connectivity index (χ1) is 10.0. The van der Waals surface area contributed by atoms with Crippen LogP contribution in [0.3, 0.4) is 0 Å². The smallest absolute Gasteiger partial charge is 0.323 e. The van der Waals surface area contributed by atoms with Crippen molar-refractivity contribution in [2.75, 3.05) is 53.6 Å². The molecule has 0 rings (SSSR count). The highest BCUT2D eigenvalue weighted by Gasteiger charge is 2.16. The number of amides is 3. The van der Waals surface area contributed by atoms with Crippen molar-refractivity contribution in [3.8, 4) is 0 Å². The van der Waals surface area contributed by atoms with Crippen LogP contribution in [0, 0.1) is 0 Å². The number of nitrogens with zero attached hydrogens (tertiary/aromatic N) is 1. The molecule has 9 nitrogen and oxygen atoms in total. The Morgan fingerprint density at radius 3 is 2.29 bits per heavy atom. The fourth-order valence-electron chi connectivity index (χ4n) is 1.39. The van der Waals surface area contributed by atoms with E-state index in [1.54, 1.807) is 0 Å². The van der Waals surface area contributed by atoms with Crippen molar-refractivity contribution < 1.29 is 29.0 Å². The van der Waals surface area contributed by atoms with Gasteiger partial charge in [-0.15, -0.1) is 0 Å². The summed E-state index contributed by atoms with van der Waals surface area (Å²) in [5, 5.41) is 13.8. The quantitative estimate of drug-likeness (QED) is 0.416. The second-order valence-electron chi connectivity index (χ2n) is 4.13. The van der Waals surface area contributed by atoms with Gasteiger partial charge in [-0.3, -0.25) is 9.59 Å². The monoisotopic (exact) mass is 305 g/mol. The van der Waals surface area contributed by atoms with Crippen LogP contribution in [-0.4, -0.2) is 81.5 Å². The van der Waals surface area contributed by atoms with E-state index in [2.05, 4.69) is 10.6 Å². The van der Waals surface area contributed by atoms with Crippen molar-refractivity contribution >= 4 is 17.9 Å². The van der Waals surface area contributed by atoms with Crippen molar-refractivity contribution in [3.05, 3.63) is 0 Å². The summed E-state index contributed by atoms with van der Waals surface area (Å²) >= 11 is 0. The van der Waals surface area contributed by atoms with Gasteiger partial charge in [0.2, 0.25) is 5.91 Å². The van der Waals surface area contributed by atoms with Gasteiger partial charge in [-0.2, -0.15) is 0 Å². The zero-order chi connectivity index (χ0) is 16.1. The van der Waals surface area contributed by atoms with Gasteiger partial charge < -0.3 is 30.1 Å². The molecular weight excluding hydrogens is 282 g/mol. The fourth-order valence-corrected chi connectivity index (χ4v) is 1.39. The van der Waals surface area contributed by atoms with Gasteiger partial charge in [0, 0.05) is 40.3 Å². The van der Waals surface area contributed by atoms with Gasteiger partial charge in [0.15, 0.2) is 0 Å². The van der Waals surface area contributed by atoms with Crippen LogP contribution in [0.5, 0.6) is 0 Å². The molecule has 0 heterocycles. The standard InChI is InChI=1S/C12H23N3O6/c1-20-7-5-13-10(16)3-4-14-12(19)15(6-8-21-2)9-11(17)18/h3-9H2,1-2H3,(H,13,16)(H,14,19)(H,17,18). The zero-order valence-electron chi connectivity index (χ0n) is 12.4. The number of rotatable bonds is 11. The third-order valence-electron chi connectivity index (χ3n) is 2.44. The minimum absolute atomic E-state index is 0.112. The molecule has 0 aliphatic rings. The van der Waals surface area contributed by atoms with Gasteiger partial charge in [-0.1, -0.05) is 0 Å². The lowest BCUT2D eigenvalue weighted by Crippen LogP contribution is -2.45. The first-order valence-electron chi connectivity index (χ1n) is 6.50. The molecule has 0 fully saturated rings. The molecule has 0 bridgehead atoms. The highest BCUT2D eigenvalue weighted by Crippen LogP contribution is 1.91. The number of urea groups is 1. The van der Waals surface area contributed by atoms with Crippen LogP contribution in [0.2, 0.25) is 0 Å². The van der Waals surface area contributed by atoms with Crippen LogP contribution in [-0.2, 0) is 19.1 Å². The van der Waals surface area contributed by atoms with E-state index in [0.29, 0.717) is 13.2 Å². The Balaban J connectivity index is 4.00. The summed E-state index contributed by atoms with van der Waals surface area (Å²) < 4.78 is 9.59. The molecule has 0 atom stereocenters. The Labute approximate surface area is 123 Å². The third kappa shape index (κ3) is 10.6. The number of nitrogens with one attached hydrogen (secondary N) is 2. The maximum absolute atomic E-state index is 11.8. The average molecular weight is 305 g/mol. The Bertz CT molecular complexity index is 337. The molecule has 0 aliphatic carbocycles. The number of ether oxygens (including phenoxy) is 2.